The molecule has 1 aromatic heterocycles. The van der Waals surface area contributed by atoms with Crippen LogP contribution in [-0.4, -0.2) is 27.4 Å². The van der Waals surface area contributed by atoms with Gasteiger partial charge in [-0.25, -0.2) is 13.1 Å². The lowest BCUT2D eigenvalue weighted by atomic mass is 10.5. The average Bonchev–Trinajstić information content (AvgIpc) is 2.60. The molecule has 0 saturated carbocycles. The Kier molecular flexibility index (Phi) is 4.45. The summed E-state index contributed by atoms with van der Waals surface area (Å²) in [6.45, 7) is 3.72. The van der Waals surface area contributed by atoms with Crippen molar-refractivity contribution in [2.24, 2.45) is 0 Å². The number of aryl methyl sites for hydroxylation is 1. The second-order valence-electron chi connectivity index (χ2n) is 3.25. The highest BCUT2D eigenvalue weighted by molar-refractivity contribution is 7.91. The number of thiophene rings is 1. The lowest BCUT2D eigenvalue weighted by Crippen LogP contribution is -2.33. The molecule has 0 aliphatic rings. The van der Waals surface area contributed by atoms with Crippen LogP contribution in [0.5, 0.6) is 0 Å². The maximum atomic E-state index is 11.7. The van der Waals surface area contributed by atoms with Crippen LogP contribution >= 0.6 is 11.3 Å². The van der Waals surface area contributed by atoms with E-state index in [1.165, 1.54) is 18.3 Å². The fraction of sp³-hybridized carbons (Fsp3) is 0.444. The quantitative estimate of drug-likeness (QED) is 0.757. The molecule has 1 amide bonds. The van der Waals surface area contributed by atoms with Gasteiger partial charge in [0.05, 0.1) is 0 Å². The van der Waals surface area contributed by atoms with Gasteiger partial charge in [-0.2, -0.15) is 0 Å². The molecule has 90 valence electrons. The van der Waals surface area contributed by atoms with E-state index in [1.807, 2.05) is 6.92 Å². The van der Waals surface area contributed by atoms with E-state index in [0.29, 0.717) is 10.8 Å². The van der Waals surface area contributed by atoms with Crippen molar-refractivity contribution >= 4 is 27.3 Å². The summed E-state index contributed by atoms with van der Waals surface area (Å²) in [5.74, 6) is -0.175. The predicted molar refractivity (Wildman–Crippen MR) is 62.9 cm³/mol. The van der Waals surface area contributed by atoms with E-state index in [4.69, 9.17) is 0 Å². The van der Waals surface area contributed by atoms with Crippen LogP contribution in [0.4, 0.5) is 0 Å². The van der Waals surface area contributed by atoms with Crippen LogP contribution in [0.25, 0.3) is 0 Å². The second-order valence-corrected chi connectivity index (χ2v) is 6.53. The van der Waals surface area contributed by atoms with Gasteiger partial charge in [-0.05, 0) is 19.1 Å². The molecule has 0 aliphatic heterocycles. The number of amides is 1. The van der Waals surface area contributed by atoms with Crippen molar-refractivity contribution in [1.82, 2.24) is 10.0 Å². The molecule has 0 unspecified atom stereocenters. The average molecular weight is 262 g/mol. The molecule has 0 aliphatic carbocycles. The highest BCUT2D eigenvalue weighted by Gasteiger charge is 2.14. The molecule has 0 bridgehead atoms. The van der Waals surface area contributed by atoms with Crippen LogP contribution < -0.4 is 10.0 Å². The molecule has 0 saturated heterocycles. The molecule has 5 nitrogen and oxygen atoms in total. The first-order chi connectivity index (χ1) is 7.42. The van der Waals surface area contributed by atoms with E-state index in [2.05, 4.69) is 10.0 Å². The minimum Gasteiger partial charge on any atom is -0.355 e. The van der Waals surface area contributed by atoms with Crippen molar-refractivity contribution in [3.63, 3.8) is 0 Å². The number of hydrogen-bond acceptors (Lipinski definition) is 4. The van der Waals surface area contributed by atoms with Gasteiger partial charge in [-0.15, -0.1) is 11.3 Å². The smallest absolute Gasteiger partial charge is 0.250 e. The molecule has 1 heterocycles. The summed E-state index contributed by atoms with van der Waals surface area (Å²) in [6, 6.07) is 3.33. The van der Waals surface area contributed by atoms with Gasteiger partial charge >= 0.3 is 0 Å². The second kappa shape index (κ2) is 5.42. The summed E-state index contributed by atoms with van der Waals surface area (Å²) in [4.78, 5) is 11.5. The standard InChI is InChI=1S/C9H14N2O3S2/c1-7-3-4-9(15-7)16(13,14)11-6-5-10-8(2)12/h3-4,11H,5-6H2,1-2H3,(H,10,12). The first-order valence-electron chi connectivity index (χ1n) is 4.72. The normalized spacial score (nSPS) is 11.4. The van der Waals surface area contributed by atoms with E-state index in [-0.39, 0.29) is 12.5 Å². The number of sulfonamides is 1. The van der Waals surface area contributed by atoms with Crippen LogP contribution in [-0.2, 0) is 14.8 Å². The summed E-state index contributed by atoms with van der Waals surface area (Å²) in [6.07, 6.45) is 0. The van der Waals surface area contributed by atoms with Crippen molar-refractivity contribution in [3.8, 4) is 0 Å². The lowest BCUT2D eigenvalue weighted by molar-refractivity contribution is -0.118. The maximum absolute atomic E-state index is 11.7. The Morgan fingerprint density at radius 1 is 1.38 bits per heavy atom. The highest BCUT2D eigenvalue weighted by Crippen LogP contribution is 2.19. The zero-order chi connectivity index (χ0) is 12.2. The maximum Gasteiger partial charge on any atom is 0.250 e. The Morgan fingerprint density at radius 3 is 2.56 bits per heavy atom. The van der Waals surface area contributed by atoms with Gasteiger partial charge in [0, 0.05) is 24.9 Å². The number of nitrogens with one attached hydrogen (secondary N) is 2. The van der Waals surface area contributed by atoms with Crippen LogP contribution in [0.3, 0.4) is 0 Å². The summed E-state index contributed by atoms with van der Waals surface area (Å²) < 4.78 is 26.1. The molecule has 0 radical (unpaired) electrons. The summed E-state index contributed by atoms with van der Waals surface area (Å²) in [5.41, 5.74) is 0. The van der Waals surface area contributed by atoms with E-state index in [0.717, 1.165) is 4.88 Å². The first kappa shape index (κ1) is 13.1. The largest absolute Gasteiger partial charge is 0.355 e. The van der Waals surface area contributed by atoms with Crippen LogP contribution in [0.15, 0.2) is 16.3 Å². The Hall–Kier alpha value is -0.920. The van der Waals surface area contributed by atoms with Gasteiger partial charge in [0.1, 0.15) is 4.21 Å². The van der Waals surface area contributed by atoms with Crippen molar-refractivity contribution in [3.05, 3.63) is 17.0 Å². The Morgan fingerprint density at radius 2 is 2.06 bits per heavy atom. The Labute approximate surface area is 98.9 Å². The molecule has 0 spiro atoms. The molecule has 0 atom stereocenters. The van der Waals surface area contributed by atoms with Gasteiger partial charge in [-0.3, -0.25) is 4.79 Å². The van der Waals surface area contributed by atoms with Gasteiger partial charge in [0.2, 0.25) is 15.9 Å². The van der Waals surface area contributed by atoms with Gasteiger partial charge < -0.3 is 5.32 Å². The number of carbonyl (C=O) groups excluding carboxylic acids is 1. The predicted octanol–water partition coefficient (Wildman–Crippen LogP) is 0.471. The number of carbonyl (C=O) groups is 1. The van der Waals surface area contributed by atoms with Gasteiger partial charge in [-0.1, -0.05) is 0 Å². The van der Waals surface area contributed by atoms with E-state index in [1.54, 1.807) is 12.1 Å². The minimum absolute atomic E-state index is 0.175. The van der Waals surface area contributed by atoms with Crippen LogP contribution in [0, 0.1) is 6.92 Å². The van der Waals surface area contributed by atoms with E-state index in [9.17, 15) is 13.2 Å². The fourth-order valence-electron chi connectivity index (χ4n) is 1.05. The summed E-state index contributed by atoms with van der Waals surface area (Å²) in [5, 5.41) is 2.51. The van der Waals surface area contributed by atoms with Crippen molar-refractivity contribution in [2.45, 2.75) is 18.1 Å². The third-order valence-corrected chi connectivity index (χ3v) is 4.73. The molecule has 0 fully saturated rings. The zero-order valence-corrected chi connectivity index (χ0v) is 10.7. The van der Waals surface area contributed by atoms with Gasteiger partial charge in [0.25, 0.3) is 0 Å². The SMILES string of the molecule is CC(=O)NCCNS(=O)(=O)c1ccc(C)s1. The zero-order valence-electron chi connectivity index (χ0n) is 9.11. The summed E-state index contributed by atoms with van der Waals surface area (Å²) >= 11 is 1.22. The fourth-order valence-corrected chi connectivity index (χ4v) is 3.41. The number of rotatable bonds is 5. The molecular weight excluding hydrogens is 248 g/mol. The molecule has 1 aromatic rings. The Balaban J connectivity index is 2.50. The minimum atomic E-state index is -3.42. The molecule has 7 heteroatoms. The van der Waals surface area contributed by atoms with Crippen LogP contribution in [0.1, 0.15) is 11.8 Å². The molecule has 2 N–H and O–H groups in total. The highest BCUT2D eigenvalue weighted by atomic mass is 32.2. The third kappa shape index (κ3) is 3.92. The molecule has 0 aromatic carbocycles. The molecule has 16 heavy (non-hydrogen) atoms. The molecule has 1 rings (SSSR count). The Bertz CT molecular complexity index is 465. The summed E-state index contributed by atoms with van der Waals surface area (Å²) in [7, 11) is -3.42. The van der Waals surface area contributed by atoms with Crippen molar-refractivity contribution in [2.75, 3.05) is 13.1 Å². The lowest BCUT2D eigenvalue weighted by Gasteiger charge is -2.04. The van der Waals surface area contributed by atoms with E-state index < -0.39 is 10.0 Å². The monoisotopic (exact) mass is 262 g/mol. The van der Waals surface area contributed by atoms with Crippen molar-refractivity contribution < 1.29 is 13.2 Å². The van der Waals surface area contributed by atoms with Gasteiger partial charge in [0.15, 0.2) is 0 Å². The topological polar surface area (TPSA) is 75.3 Å². The molecular formula is C9H14N2O3S2. The first-order valence-corrected chi connectivity index (χ1v) is 7.02. The van der Waals surface area contributed by atoms with E-state index >= 15 is 0 Å². The third-order valence-electron chi connectivity index (χ3n) is 1.77. The number of hydrogen-bond donors (Lipinski definition) is 2. The van der Waals surface area contributed by atoms with Crippen LogP contribution in [0.2, 0.25) is 0 Å². The van der Waals surface area contributed by atoms with Crippen molar-refractivity contribution in [1.29, 1.82) is 0 Å².